The van der Waals surface area contributed by atoms with Crippen molar-refractivity contribution in [1.82, 2.24) is 0 Å². The van der Waals surface area contributed by atoms with E-state index in [1.54, 1.807) is 0 Å². The van der Waals surface area contributed by atoms with Crippen LogP contribution in [0.1, 0.15) is 13.3 Å². The molecule has 4 nitrogen and oxygen atoms in total. The Labute approximate surface area is 135 Å². The smallest absolute Gasteiger partial charge is 0.330 e. The lowest BCUT2D eigenvalue weighted by Gasteiger charge is -2.16. The van der Waals surface area contributed by atoms with Gasteiger partial charge in [-0.05, 0) is 42.8 Å². The molecule has 23 heavy (non-hydrogen) atoms. The van der Waals surface area contributed by atoms with E-state index in [1.807, 2.05) is 61.5 Å². The van der Waals surface area contributed by atoms with Gasteiger partial charge in [0.2, 0.25) is 0 Å². The second kappa shape index (κ2) is 8.63. The van der Waals surface area contributed by atoms with Gasteiger partial charge in [0.15, 0.2) is 0 Å². The molecule has 1 unspecified atom stereocenters. The number of furan rings is 2. The number of hydrogen-bond donors (Lipinski definition) is 0. The molecule has 3 rings (SSSR count). The molecule has 2 heterocycles. The lowest BCUT2D eigenvalue weighted by molar-refractivity contribution is -0.140. The van der Waals surface area contributed by atoms with Crippen LogP contribution in [0.15, 0.2) is 71.7 Å². The van der Waals surface area contributed by atoms with Crippen molar-refractivity contribution in [3.8, 4) is 5.75 Å². The number of esters is 1. The molecule has 0 spiro atoms. The minimum Gasteiger partial charge on any atom is -0.487 e. The zero-order valence-corrected chi connectivity index (χ0v) is 13.1. The first-order valence-corrected chi connectivity index (χ1v) is 7.50. The van der Waals surface area contributed by atoms with Gasteiger partial charge < -0.3 is 13.9 Å². The Morgan fingerprint density at radius 1 is 1.13 bits per heavy atom. The summed E-state index contributed by atoms with van der Waals surface area (Å²) in [6, 6.07) is 17.3. The zero-order chi connectivity index (χ0) is 16.5. The van der Waals surface area contributed by atoms with Crippen LogP contribution in [0.25, 0.3) is 11.2 Å². The third kappa shape index (κ3) is 5.51. The first kappa shape index (κ1) is 16.6. The fraction of sp³-hybridized carbons (Fsp3) is 0.211. The van der Waals surface area contributed by atoms with Crippen LogP contribution in [0, 0.1) is 0 Å². The highest BCUT2D eigenvalue weighted by Gasteiger charge is 2.10. The van der Waals surface area contributed by atoms with Crippen molar-refractivity contribution in [2.45, 2.75) is 19.4 Å². The Morgan fingerprint density at radius 3 is 2.17 bits per heavy atom. The molecule has 0 aliphatic heterocycles. The molecule has 0 saturated carbocycles. The molecule has 3 aromatic rings. The summed E-state index contributed by atoms with van der Waals surface area (Å²) >= 11 is 0. The molecule has 120 valence electrons. The third-order valence-corrected chi connectivity index (χ3v) is 3.14. The maximum Gasteiger partial charge on any atom is 0.330 e. The van der Waals surface area contributed by atoms with E-state index in [0.29, 0.717) is 0 Å². The van der Waals surface area contributed by atoms with E-state index >= 15 is 0 Å². The summed E-state index contributed by atoms with van der Waals surface area (Å²) in [7, 11) is 0. The van der Waals surface area contributed by atoms with Gasteiger partial charge in [-0.15, -0.1) is 0 Å². The van der Waals surface area contributed by atoms with Gasteiger partial charge in [0.1, 0.15) is 29.6 Å². The lowest BCUT2D eigenvalue weighted by atomic mass is 10.3. The second-order valence-corrected chi connectivity index (χ2v) is 4.87. The van der Waals surface area contributed by atoms with Gasteiger partial charge in [0.05, 0.1) is 0 Å². The topological polar surface area (TPSA) is 48.7 Å². The highest BCUT2D eigenvalue weighted by molar-refractivity contribution is 5.81. The summed E-state index contributed by atoms with van der Waals surface area (Å²) in [6.45, 7) is 5.56. The summed E-state index contributed by atoms with van der Waals surface area (Å²) in [5.41, 5.74) is 1.94. The van der Waals surface area contributed by atoms with E-state index in [9.17, 15) is 4.79 Å². The van der Waals surface area contributed by atoms with E-state index in [-0.39, 0.29) is 12.7 Å². The third-order valence-electron chi connectivity index (χ3n) is 3.14. The zero-order valence-electron chi connectivity index (χ0n) is 13.1. The highest BCUT2D eigenvalue weighted by atomic mass is 16.6. The maximum atomic E-state index is 10.9. The number of hydrogen-bond acceptors (Lipinski definition) is 4. The predicted octanol–water partition coefficient (Wildman–Crippen LogP) is 4.44. The van der Waals surface area contributed by atoms with E-state index in [1.165, 1.54) is 0 Å². The van der Waals surface area contributed by atoms with Crippen LogP contribution in [0.4, 0.5) is 0 Å². The molecule has 0 saturated heterocycles. The van der Waals surface area contributed by atoms with Gasteiger partial charge >= 0.3 is 5.97 Å². The monoisotopic (exact) mass is 312 g/mol. The largest absolute Gasteiger partial charge is 0.487 e. The average molecular weight is 312 g/mol. The Balaban J connectivity index is 0.000000223. The number of rotatable bonds is 6. The Kier molecular flexibility index (Phi) is 6.24. The van der Waals surface area contributed by atoms with Gasteiger partial charge in [-0.3, -0.25) is 0 Å². The van der Waals surface area contributed by atoms with Crippen molar-refractivity contribution in [3.63, 3.8) is 0 Å². The van der Waals surface area contributed by atoms with Crippen molar-refractivity contribution >= 4 is 17.1 Å². The van der Waals surface area contributed by atoms with Gasteiger partial charge in [0, 0.05) is 6.08 Å². The van der Waals surface area contributed by atoms with Crippen LogP contribution in [0.2, 0.25) is 0 Å². The van der Waals surface area contributed by atoms with Crippen molar-refractivity contribution in [1.29, 1.82) is 0 Å². The van der Waals surface area contributed by atoms with Crippen LogP contribution in [0.3, 0.4) is 0 Å². The minimum atomic E-state index is -0.421. The summed E-state index contributed by atoms with van der Waals surface area (Å²) < 4.78 is 15.7. The molecule has 0 aliphatic carbocycles. The molecule has 4 heteroatoms. The molecule has 0 N–H and O–H groups in total. The summed E-state index contributed by atoms with van der Waals surface area (Å²) in [5.74, 6) is 0.360. The number of carbonyl (C=O) groups excluding carboxylic acids is 1. The van der Waals surface area contributed by atoms with Crippen LogP contribution >= 0.6 is 0 Å². The first-order valence-electron chi connectivity index (χ1n) is 7.50. The van der Waals surface area contributed by atoms with Crippen molar-refractivity contribution < 1.29 is 18.7 Å². The quantitative estimate of drug-likeness (QED) is 0.498. The Hall–Kier alpha value is -2.75. The normalized spacial score (nSPS) is 11.3. The summed E-state index contributed by atoms with van der Waals surface area (Å²) in [5, 5.41) is 0. The molecule has 2 aromatic heterocycles. The SMILES string of the molecule is C=CC(=O)OCC(CC)Oc1ccccc1.c1cc2ccc1o2. The highest BCUT2D eigenvalue weighted by Crippen LogP contribution is 2.14. The van der Waals surface area contributed by atoms with Crippen molar-refractivity contribution in [2.24, 2.45) is 0 Å². The Morgan fingerprint density at radius 2 is 1.74 bits per heavy atom. The molecule has 0 radical (unpaired) electrons. The number of benzene rings is 2. The van der Waals surface area contributed by atoms with Crippen molar-refractivity contribution in [2.75, 3.05) is 6.61 Å². The molecule has 0 fully saturated rings. The fourth-order valence-electron chi connectivity index (χ4n) is 1.87. The van der Waals surface area contributed by atoms with Gasteiger partial charge in [-0.1, -0.05) is 31.7 Å². The van der Waals surface area contributed by atoms with E-state index in [2.05, 4.69) is 6.58 Å². The maximum absolute atomic E-state index is 10.9. The second-order valence-electron chi connectivity index (χ2n) is 4.87. The molecule has 2 bridgehead atoms. The van der Waals surface area contributed by atoms with Crippen molar-refractivity contribution in [3.05, 3.63) is 67.3 Å². The van der Waals surface area contributed by atoms with Crippen LogP contribution in [-0.2, 0) is 9.53 Å². The first-order chi connectivity index (χ1) is 11.2. The average Bonchev–Trinajstić information content (AvgIpc) is 3.25. The molecule has 1 atom stereocenters. The number of ether oxygens (including phenoxy) is 2. The minimum absolute atomic E-state index is 0.119. The van der Waals surface area contributed by atoms with Crippen LogP contribution in [-0.4, -0.2) is 18.7 Å². The van der Waals surface area contributed by atoms with E-state index in [0.717, 1.165) is 29.4 Å². The number of carbonyl (C=O) groups is 1. The predicted molar refractivity (Wildman–Crippen MR) is 89.7 cm³/mol. The number of fused-ring (bicyclic) bond motifs is 2. The van der Waals surface area contributed by atoms with E-state index in [4.69, 9.17) is 13.9 Å². The van der Waals surface area contributed by atoms with Crippen LogP contribution < -0.4 is 4.74 Å². The molecule has 1 aromatic carbocycles. The van der Waals surface area contributed by atoms with Gasteiger partial charge in [-0.2, -0.15) is 0 Å². The summed E-state index contributed by atoms with van der Waals surface area (Å²) in [6.07, 6.45) is 1.81. The summed E-state index contributed by atoms with van der Waals surface area (Å²) in [4.78, 5) is 10.9. The van der Waals surface area contributed by atoms with E-state index < -0.39 is 5.97 Å². The standard InChI is InChI=1S/C13H16O3.C6H4O/c1-3-11(10-15-13(14)4-2)16-12-8-6-5-7-9-12;1-2-6-4-3-5(1)7-6/h4-9,11H,2-3,10H2,1H3;1-4H. The molecular formula is C19H20O4. The molecule has 0 amide bonds. The lowest BCUT2D eigenvalue weighted by Crippen LogP contribution is -2.23. The Bertz CT molecular complexity index is 657. The van der Waals surface area contributed by atoms with Crippen LogP contribution in [0.5, 0.6) is 5.75 Å². The van der Waals surface area contributed by atoms with Gasteiger partial charge in [-0.25, -0.2) is 4.79 Å². The molecular weight excluding hydrogens is 292 g/mol. The molecule has 0 aliphatic rings. The number of para-hydroxylation sites is 1. The fourth-order valence-corrected chi connectivity index (χ4v) is 1.87. The van der Waals surface area contributed by atoms with Gasteiger partial charge in [0.25, 0.3) is 0 Å².